The molecule has 0 saturated carbocycles. The van der Waals surface area contributed by atoms with Crippen molar-refractivity contribution in [3.05, 3.63) is 53.6 Å². The number of halogens is 1. The molecule has 0 fully saturated rings. The van der Waals surface area contributed by atoms with E-state index >= 15 is 0 Å². The summed E-state index contributed by atoms with van der Waals surface area (Å²) in [6.07, 6.45) is 1.05. The second-order valence-electron chi connectivity index (χ2n) is 5.43. The quantitative estimate of drug-likeness (QED) is 0.832. The van der Waals surface area contributed by atoms with Crippen LogP contribution in [0.15, 0.2) is 48.5 Å². The fourth-order valence-corrected chi connectivity index (χ4v) is 3.65. The molecule has 0 spiro atoms. The van der Waals surface area contributed by atoms with Gasteiger partial charge >= 0.3 is 0 Å². The summed E-state index contributed by atoms with van der Waals surface area (Å²) < 4.78 is 30.6. The summed E-state index contributed by atoms with van der Waals surface area (Å²) in [5.74, 6) is 0.122. The highest BCUT2D eigenvalue weighted by atomic mass is 35.5. The van der Waals surface area contributed by atoms with Crippen LogP contribution in [0.1, 0.15) is 6.92 Å². The van der Waals surface area contributed by atoms with E-state index in [1.807, 2.05) is 0 Å². The summed E-state index contributed by atoms with van der Waals surface area (Å²) in [6, 6.07) is 12.1. The zero-order valence-corrected chi connectivity index (χ0v) is 15.6. The number of hydrogen-bond donors (Lipinski definition) is 1. The molecule has 2 aromatic carbocycles. The van der Waals surface area contributed by atoms with Gasteiger partial charge in [0, 0.05) is 16.8 Å². The first-order valence-corrected chi connectivity index (χ1v) is 9.65. The normalized spacial score (nSPS) is 12.3. The van der Waals surface area contributed by atoms with Crippen molar-refractivity contribution >= 4 is 38.9 Å². The van der Waals surface area contributed by atoms with Gasteiger partial charge in [0.1, 0.15) is 11.8 Å². The molecule has 0 aliphatic rings. The summed E-state index contributed by atoms with van der Waals surface area (Å²) in [7, 11) is -2.15. The molecular weight excluding hydrogens is 364 g/mol. The van der Waals surface area contributed by atoms with E-state index in [-0.39, 0.29) is 0 Å². The Balaban J connectivity index is 2.28. The highest BCUT2D eigenvalue weighted by molar-refractivity contribution is 7.92. The van der Waals surface area contributed by atoms with Gasteiger partial charge in [-0.1, -0.05) is 17.7 Å². The van der Waals surface area contributed by atoms with Gasteiger partial charge in [0.2, 0.25) is 15.9 Å². The second kappa shape index (κ2) is 7.76. The number of methoxy groups -OCH3 is 1. The van der Waals surface area contributed by atoms with E-state index in [0.717, 1.165) is 10.6 Å². The number of carbonyl (C=O) groups is 1. The molecule has 2 aromatic rings. The maximum absolute atomic E-state index is 12.6. The molecule has 0 heterocycles. The maximum Gasteiger partial charge on any atom is 0.247 e. The molecule has 2 rings (SSSR count). The third-order valence-corrected chi connectivity index (χ3v) is 5.00. The van der Waals surface area contributed by atoms with E-state index < -0.39 is 22.0 Å². The lowest BCUT2D eigenvalue weighted by molar-refractivity contribution is -0.116. The van der Waals surface area contributed by atoms with Gasteiger partial charge in [-0.3, -0.25) is 9.10 Å². The molecule has 0 radical (unpaired) electrons. The van der Waals surface area contributed by atoms with Crippen LogP contribution in [0.4, 0.5) is 11.4 Å². The average Bonchev–Trinajstić information content (AvgIpc) is 2.55. The fraction of sp³-hybridized carbons (Fsp3) is 0.235. The number of anilines is 2. The van der Waals surface area contributed by atoms with Crippen molar-refractivity contribution in [2.45, 2.75) is 13.0 Å². The number of nitrogens with one attached hydrogen (secondary N) is 1. The molecule has 25 heavy (non-hydrogen) atoms. The van der Waals surface area contributed by atoms with Gasteiger partial charge in [-0.05, 0) is 43.3 Å². The van der Waals surface area contributed by atoms with Crippen molar-refractivity contribution in [2.24, 2.45) is 0 Å². The fourth-order valence-electron chi connectivity index (χ4n) is 2.34. The van der Waals surface area contributed by atoms with Crippen LogP contribution < -0.4 is 14.4 Å². The van der Waals surface area contributed by atoms with Crippen molar-refractivity contribution in [3.63, 3.8) is 0 Å². The SMILES string of the molecule is COc1cccc(NC(=O)[C@@H](C)N(c2ccc(Cl)cc2)S(C)(=O)=O)c1. The molecule has 1 N–H and O–H groups in total. The Bertz CT molecular complexity index is 853. The van der Waals surface area contributed by atoms with E-state index in [2.05, 4.69) is 5.32 Å². The number of sulfonamides is 1. The topological polar surface area (TPSA) is 75.7 Å². The number of benzene rings is 2. The Morgan fingerprint density at radius 2 is 1.84 bits per heavy atom. The third kappa shape index (κ3) is 4.87. The standard InChI is InChI=1S/C17H19ClN2O4S/c1-12(17(21)19-14-5-4-6-16(11-14)24-2)20(25(3,22)23)15-9-7-13(18)8-10-15/h4-12H,1-3H3,(H,19,21)/t12-/m1/s1. The Hall–Kier alpha value is -2.25. The summed E-state index contributed by atoms with van der Waals surface area (Å²) in [6.45, 7) is 1.52. The van der Waals surface area contributed by atoms with Crippen molar-refractivity contribution in [1.82, 2.24) is 0 Å². The number of amides is 1. The zero-order chi connectivity index (χ0) is 18.6. The first-order chi connectivity index (χ1) is 11.7. The Morgan fingerprint density at radius 1 is 1.20 bits per heavy atom. The van der Waals surface area contributed by atoms with E-state index in [4.69, 9.17) is 16.3 Å². The molecule has 0 aliphatic heterocycles. The molecule has 0 saturated heterocycles. The predicted octanol–water partition coefficient (Wildman–Crippen LogP) is 3.14. The molecule has 6 nitrogen and oxygen atoms in total. The van der Waals surface area contributed by atoms with Gasteiger partial charge in [0.15, 0.2) is 0 Å². The highest BCUT2D eigenvalue weighted by Crippen LogP contribution is 2.24. The molecule has 0 aliphatic carbocycles. The van der Waals surface area contributed by atoms with Gasteiger partial charge < -0.3 is 10.1 Å². The zero-order valence-electron chi connectivity index (χ0n) is 14.1. The van der Waals surface area contributed by atoms with Gasteiger partial charge in [-0.2, -0.15) is 0 Å². The summed E-state index contributed by atoms with van der Waals surface area (Å²) in [5.41, 5.74) is 0.876. The van der Waals surface area contributed by atoms with E-state index in [0.29, 0.717) is 22.1 Å². The minimum Gasteiger partial charge on any atom is -0.497 e. The van der Waals surface area contributed by atoms with E-state index in [1.54, 1.807) is 48.5 Å². The lowest BCUT2D eigenvalue weighted by Gasteiger charge is -2.28. The Kier molecular flexibility index (Phi) is 5.92. The van der Waals surface area contributed by atoms with Crippen LogP contribution in [-0.4, -0.2) is 33.7 Å². The van der Waals surface area contributed by atoms with Crippen molar-refractivity contribution in [2.75, 3.05) is 23.0 Å². The number of ether oxygens (including phenoxy) is 1. The molecule has 1 atom stereocenters. The minimum atomic E-state index is -3.68. The number of nitrogens with zero attached hydrogens (tertiary/aromatic N) is 1. The Morgan fingerprint density at radius 3 is 2.40 bits per heavy atom. The van der Waals surface area contributed by atoms with Gasteiger partial charge in [-0.25, -0.2) is 8.42 Å². The van der Waals surface area contributed by atoms with Crippen molar-refractivity contribution in [1.29, 1.82) is 0 Å². The number of hydrogen-bond acceptors (Lipinski definition) is 4. The molecule has 8 heteroatoms. The highest BCUT2D eigenvalue weighted by Gasteiger charge is 2.29. The first kappa shape index (κ1) is 19.1. The van der Waals surface area contributed by atoms with Crippen LogP contribution >= 0.6 is 11.6 Å². The largest absolute Gasteiger partial charge is 0.497 e. The van der Waals surface area contributed by atoms with Crippen molar-refractivity contribution in [3.8, 4) is 5.75 Å². The summed E-state index contributed by atoms with van der Waals surface area (Å²) >= 11 is 5.85. The molecule has 1 amide bonds. The predicted molar refractivity (Wildman–Crippen MR) is 99.9 cm³/mol. The lowest BCUT2D eigenvalue weighted by Crippen LogP contribution is -2.45. The lowest BCUT2D eigenvalue weighted by atomic mass is 10.2. The number of rotatable bonds is 6. The van der Waals surface area contributed by atoms with Crippen LogP contribution in [-0.2, 0) is 14.8 Å². The van der Waals surface area contributed by atoms with Crippen LogP contribution in [0, 0.1) is 0 Å². The van der Waals surface area contributed by atoms with Crippen LogP contribution in [0.3, 0.4) is 0 Å². The first-order valence-electron chi connectivity index (χ1n) is 7.42. The Labute approximate surface area is 152 Å². The number of carbonyl (C=O) groups excluding carboxylic acids is 1. The van der Waals surface area contributed by atoms with Gasteiger partial charge in [-0.15, -0.1) is 0 Å². The second-order valence-corrected chi connectivity index (χ2v) is 7.73. The van der Waals surface area contributed by atoms with Crippen LogP contribution in [0.25, 0.3) is 0 Å². The average molecular weight is 383 g/mol. The van der Waals surface area contributed by atoms with Gasteiger partial charge in [0.05, 0.1) is 19.1 Å². The molecule has 134 valence electrons. The maximum atomic E-state index is 12.6. The van der Waals surface area contributed by atoms with E-state index in [9.17, 15) is 13.2 Å². The summed E-state index contributed by atoms with van der Waals surface area (Å²) in [5, 5.41) is 3.18. The smallest absolute Gasteiger partial charge is 0.247 e. The van der Waals surface area contributed by atoms with Gasteiger partial charge in [0.25, 0.3) is 0 Å². The van der Waals surface area contributed by atoms with Crippen LogP contribution in [0.2, 0.25) is 5.02 Å². The van der Waals surface area contributed by atoms with Crippen molar-refractivity contribution < 1.29 is 17.9 Å². The molecule has 0 bridgehead atoms. The molecule has 0 aromatic heterocycles. The summed E-state index contributed by atoms with van der Waals surface area (Å²) in [4.78, 5) is 12.6. The monoisotopic (exact) mass is 382 g/mol. The molecular formula is C17H19ClN2O4S. The third-order valence-electron chi connectivity index (χ3n) is 3.51. The van der Waals surface area contributed by atoms with Crippen LogP contribution in [0.5, 0.6) is 5.75 Å². The molecule has 0 unspecified atom stereocenters. The minimum absolute atomic E-state index is 0.361. The van der Waals surface area contributed by atoms with E-state index in [1.165, 1.54) is 14.0 Å².